The third-order valence-electron chi connectivity index (χ3n) is 3.88. The minimum Gasteiger partial charge on any atom is -0.321 e. The molecule has 0 aliphatic carbocycles. The summed E-state index contributed by atoms with van der Waals surface area (Å²) >= 11 is 1.12. The van der Waals surface area contributed by atoms with E-state index in [1.165, 1.54) is 36.4 Å². The number of hydrogen-bond acceptors (Lipinski definition) is 4. The third kappa shape index (κ3) is 3.60. The second kappa shape index (κ2) is 7.20. The van der Waals surface area contributed by atoms with E-state index in [-0.39, 0.29) is 5.56 Å². The topological polar surface area (TPSA) is 86.9 Å². The van der Waals surface area contributed by atoms with Gasteiger partial charge in [0.15, 0.2) is 0 Å². The van der Waals surface area contributed by atoms with Gasteiger partial charge in [-0.2, -0.15) is 5.10 Å². The molecule has 2 heterocycles. The van der Waals surface area contributed by atoms with E-state index in [1.54, 1.807) is 12.1 Å². The normalized spacial score (nSPS) is 10.8. The molecule has 0 unspecified atom stereocenters. The van der Waals surface area contributed by atoms with Crippen LogP contribution in [0.4, 0.5) is 20.3 Å². The summed E-state index contributed by atoms with van der Waals surface area (Å²) in [4.78, 5) is 25.5. The minimum absolute atomic E-state index is 0.155. The Labute approximate surface area is 161 Å². The lowest BCUT2D eigenvalue weighted by Gasteiger charge is -2.03. The Morgan fingerprint density at radius 1 is 0.929 bits per heavy atom. The van der Waals surface area contributed by atoms with Crippen LogP contribution < -0.4 is 10.6 Å². The van der Waals surface area contributed by atoms with Gasteiger partial charge in [0.2, 0.25) is 0 Å². The van der Waals surface area contributed by atoms with Gasteiger partial charge in [-0.25, -0.2) is 8.78 Å². The van der Waals surface area contributed by atoms with Crippen molar-refractivity contribution in [3.05, 3.63) is 76.7 Å². The molecule has 9 heteroatoms. The lowest BCUT2D eigenvalue weighted by atomic mass is 10.2. The van der Waals surface area contributed by atoms with Crippen LogP contribution in [-0.2, 0) is 0 Å². The average Bonchev–Trinajstić information content (AvgIpc) is 3.24. The molecule has 0 fully saturated rings. The van der Waals surface area contributed by atoms with Crippen molar-refractivity contribution in [2.24, 2.45) is 0 Å². The lowest BCUT2D eigenvalue weighted by Crippen LogP contribution is -2.12. The van der Waals surface area contributed by atoms with E-state index < -0.39 is 23.4 Å². The number of carbonyl (C=O) groups is 2. The molecule has 3 N–H and O–H groups in total. The quantitative estimate of drug-likeness (QED) is 0.476. The van der Waals surface area contributed by atoms with Crippen LogP contribution in [0.15, 0.2) is 54.6 Å². The molecule has 0 radical (unpaired) electrons. The summed E-state index contributed by atoms with van der Waals surface area (Å²) in [5.41, 5.74) is 0.485. The molecule has 0 aliphatic heterocycles. The van der Waals surface area contributed by atoms with Gasteiger partial charge < -0.3 is 10.6 Å². The fourth-order valence-electron chi connectivity index (χ4n) is 2.59. The molecule has 0 saturated heterocycles. The molecule has 2 amide bonds. The van der Waals surface area contributed by atoms with Crippen molar-refractivity contribution in [3.63, 3.8) is 0 Å². The Bertz CT molecular complexity index is 1200. The Morgan fingerprint density at radius 3 is 2.43 bits per heavy atom. The molecule has 0 atom stereocenters. The number of fused-ring (bicyclic) bond motifs is 1. The lowest BCUT2D eigenvalue weighted by molar-refractivity contribution is 0.102. The molecule has 4 rings (SSSR count). The van der Waals surface area contributed by atoms with Crippen LogP contribution >= 0.6 is 11.3 Å². The summed E-state index contributed by atoms with van der Waals surface area (Å²) in [6.07, 6.45) is 0. The highest BCUT2D eigenvalue weighted by Crippen LogP contribution is 2.30. The number of thiophene rings is 1. The zero-order chi connectivity index (χ0) is 19.7. The van der Waals surface area contributed by atoms with Crippen LogP contribution in [0.25, 0.3) is 10.2 Å². The average molecular weight is 398 g/mol. The number of aromatic nitrogens is 2. The van der Waals surface area contributed by atoms with Crippen LogP contribution in [0.3, 0.4) is 0 Å². The van der Waals surface area contributed by atoms with Crippen LogP contribution in [0.2, 0.25) is 0 Å². The van der Waals surface area contributed by atoms with E-state index in [0.29, 0.717) is 26.6 Å². The van der Waals surface area contributed by atoms with E-state index in [1.807, 2.05) is 0 Å². The predicted octanol–water partition coefficient (Wildman–Crippen LogP) is 4.41. The van der Waals surface area contributed by atoms with Crippen molar-refractivity contribution in [1.82, 2.24) is 10.2 Å². The van der Waals surface area contributed by atoms with Gasteiger partial charge in [-0.15, -0.1) is 11.3 Å². The van der Waals surface area contributed by atoms with Gasteiger partial charge in [0.05, 0.1) is 10.3 Å². The number of anilines is 2. The number of hydrogen-bond donors (Lipinski definition) is 3. The van der Waals surface area contributed by atoms with Crippen molar-refractivity contribution in [3.8, 4) is 0 Å². The molecule has 0 bridgehead atoms. The van der Waals surface area contributed by atoms with Crippen LogP contribution in [-0.4, -0.2) is 22.0 Å². The first-order valence-corrected chi connectivity index (χ1v) is 8.93. The number of nitrogens with zero attached hydrogens (tertiary/aromatic N) is 1. The van der Waals surface area contributed by atoms with Crippen molar-refractivity contribution in [1.29, 1.82) is 0 Å². The van der Waals surface area contributed by atoms with Crippen LogP contribution in [0.1, 0.15) is 20.0 Å². The highest BCUT2D eigenvalue weighted by atomic mass is 32.1. The first-order valence-electron chi connectivity index (χ1n) is 8.11. The molecule has 4 aromatic rings. The molecular weight excluding hydrogens is 386 g/mol. The predicted molar refractivity (Wildman–Crippen MR) is 103 cm³/mol. The molecule has 0 spiro atoms. The standard InChI is InChI=1S/C19H12F2N4O2S/c20-11-4-1-3-10(7-11)17(26)23-16-14-9-15(28-19(14)25-24-16)18(27)22-13-6-2-5-12(21)8-13/h1-9H,(H,22,27)(H2,23,24,25,26). The fraction of sp³-hybridized carbons (Fsp3) is 0. The smallest absolute Gasteiger partial charge is 0.265 e. The van der Waals surface area contributed by atoms with E-state index in [0.717, 1.165) is 17.4 Å². The number of aromatic amines is 1. The van der Waals surface area contributed by atoms with E-state index in [4.69, 9.17) is 0 Å². The Balaban J connectivity index is 1.55. The maximum absolute atomic E-state index is 13.3. The highest BCUT2D eigenvalue weighted by molar-refractivity contribution is 7.20. The molecule has 0 saturated carbocycles. The minimum atomic E-state index is -0.519. The number of carbonyl (C=O) groups excluding carboxylic acids is 2. The molecule has 0 aliphatic rings. The van der Waals surface area contributed by atoms with Crippen molar-refractivity contribution in [2.75, 3.05) is 10.6 Å². The number of nitrogens with one attached hydrogen (secondary N) is 3. The first-order chi connectivity index (χ1) is 13.5. The van der Waals surface area contributed by atoms with Gasteiger partial charge in [-0.3, -0.25) is 14.7 Å². The van der Waals surface area contributed by atoms with Gasteiger partial charge in [0.25, 0.3) is 11.8 Å². The van der Waals surface area contributed by atoms with Crippen molar-refractivity contribution >= 4 is 44.9 Å². The van der Waals surface area contributed by atoms with Gasteiger partial charge in [0.1, 0.15) is 22.3 Å². The van der Waals surface area contributed by atoms with Crippen molar-refractivity contribution < 1.29 is 18.4 Å². The zero-order valence-corrected chi connectivity index (χ0v) is 14.9. The SMILES string of the molecule is O=C(Nc1[nH]nc2sc(C(=O)Nc3cccc(F)c3)cc12)c1cccc(F)c1. The summed E-state index contributed by atoms with van der Waals surface area (Å²) in [6.45, 7) is 0. The summed E-state index contributed by atoms with van der Waals surface area (Å²) in [7, 11) is 0. The highest BCUT2D eigenvalue weighted by Gasteiger charge is 2.17. The largest absolute Gasteiger partial charge is 0.321 e. The van der Waals surface area contributed by atoms with E-state index in [9.17, 15) is 18.4 Å². The zero-order valence-electron chi connectivity index (χ0n) is 14.1. The second-order valence-corrected chi connectivity index (χ2v) is 6.89. The summed E-state index contributed by atoms with van der Waals surface area (Å²) in [5, 5.41) is 12.5. The molecular formula is C19H12F2N4O2S. The van der Waals surface area contributed by atoms with Crippen LogP contribution in [0, 0.1) is 11.6 Å². The number of benzene rings is 2. The maximum Gasteiger partial charge on any atom is 0.265 e. The molecule has 2 aromatic carbocycles. The first kappa shape index (κ1) is 17.8. The summed E-state index contributed by atoms with van der Waals surface area (Å²) in [6, 6.07) is 12.4. The van der Waals surface area contributed by atoms with Gasteiger partial charge in [-0.1, -0.05) is 12.1 Å². The number of rotatable bonds is 4. The summed E-state index contributed by atoms with van der Waals surface area (Å²) in [5.74, 6) is -1.61. The molecule has 140 valence electrons. The van der Waals surface area contributed by atoms with Gasteiger partial charge >= 0.3 is 0 Å². The van der Waals surface area contributed by atoms with E-state index >= 15 is 0 Å². The Hall–Kier alpha value is -3.59. The molecule has 28 heavy (non-hydrogen) atoms. The summed E-state index contributed by atoms with van der Waals surface area (Å²) < 4.78 is 26.5. The van der Waals surface area contributed by atoms with Crippen LogP contribution in [0.5, 0.6) is 0 Å². The number of H-pyrrole nitrogens is 1. The number of halogens is 2. The molecule has 6 nitrogen and oxygen atoms in total. The molecule has 2 aromatic heterocycles. The second-order valence-electron chi connectivity index (χ2n) is 5.86. The van der Waals surface area contributed by atoms with Gasteiger partial charge in [-0.05, 0) is 42.5 Å². The van der Waals surface area contributed by atoms with Crippen molar-refractivity contribution in [2.45, 2.75) is 0 Å². The fourth-order valence-corrected chi connectivity index (χ4v) is 3.48. The van der Waals surface area contributed by atoms with E-state index in [2.05, 4.69) is 20.8 Å². The van der Waals surface area contributed by atoms with Gasteiger partial charge in [0, 0.05) is 11.3 Å². The number of amides is 2. The Morgan fingerprint density at radius 2 is 1.68 bits per heavy atom. The monoisotopic (exact) mass is 398 g/mol. The Kier molecular flexibility index (Phi) is 4.58. The maximum atomic E-state index is 13.3. The third-order valence-corrected chi connectivity index (χ3v) is 4.91.